The van der Waals surface area contributed by atoms with Crippen LogP contribution in [0.4, 0.5) is 0 Å². The minimum Gasteiger partial charge on any atom is -0.504 e. The van der Waals surface area contributed by atoms with E-state index in [1.165, 1.54) is 6.20 Å². The van der Waals surface area contributed by atoms with Crippen molar-refractivity contribution in [2.24, 2.45) is 0 Å². The molecule has 0 aliphatic heterocycles. The topological polar surface area (TPSA) is 46.0 Å². The first-order valence-corrected chi connectivity index (χ1v) is 4.01. The molecule has 1 N–H and O–H groups in total. The second-order valence-corrected chi connectivity index (χ2v) is 3.96. The molecule has 0 amide bonds. The average Bonchev–Trinajstić information content (AvgIpc) is 1.92. The minimum absolute atomic E-state index is 0.0897. The fourth-order valence-corrected chi connectivity index (χ4v) is 1.04. The molecular weight excluding hydrogens is 176 g/mol. The van der Waals surface area contributed by atoms with Crippen LogP contribution >= 0.6 is 11.6 Å². The lowest BCUT2D eigenvalue weighted by Gasteiger charge is -2.18. The Morgan fingerprint density at radius 2 is 2.00 bits per heavy atom. The molecular formula is C8H11ClN2O. The van der Waals surface area contributed by atoms with Gasteiger partial charge >= 0.3 is 0 Å². The zero-order valence-corrected chi connectivity index (χ0v) is 8.05. The first kappa shape index (κ1) is 9.26. The molecule has 1 aromatic rings. The Bertz CT molecular complexity index is 294. The molecule has 0 saturated carbocycles. The van der Waals surface area contributed by atoms with Gasteiger partial charge in [-0.1, -0.05) is 20.8 Å². The molecule has 1 rings (SSSR count). The molecule has 0 aliphatic carbocycles. The van der Waals surface area contributed by atoms with Crippen molar-refractivity contribution < 1.29 is 5.11 Å². The van der Waals surface area contributed by atoms with Crippen molar-refractivity contribution in [1.29, 1.82) is 0 Å². The van der Waals surface area contributed by atoms with Crippen molar-refractivity contribution in [3.8, 4) is 5.75 Å². The maximum absolute atomic E-state index is 9.39. The monoisotopic (exact) mass is 186 g/mol. The lowest BCUT2D eigenvalue weighted by Crippen LogP contribution is -2.14. The summed E-state index contributed by atoms with van der Waals surface area (Å²) >= 11 is 5.59. The molecule has 4 heteroatoms. The van der Waals surface area contributed by atoms with Crippen LogP contribution in [0.1, 0.15) is 26.5 Å². The van der Waals surface area contributed by atoms with Crippen molar-refractivity contribution in [3.63, 3.8) is 0 Å². The third-order valence-corrected chi connectivity index (χ3v) is 1.63. The van der Waals surface area contributed by atoms with Gasteiger partial charge in [-0.15, -0.1) is 0 Å². The Balaban J connectivity index is 3.23. The Morgan fingerprint density at radius 3 is 2.42 bits per heavy atom. The number of hydrogen-bond donors (Lipinski definition) is 1. The Labute approximate surface area is 76.4 Å². The van der Waals surface area contributed by atoms with Crippen LogP contribution in [0.15, 0.2) is 6.20 Å². The molecule has 0 saturated heterocycles. The van der Waals surface area contributed by atoms with E-state index in [9.17, 15) is 5.11 Å². The van der Waals surface area contributed by atoms with Crippen molar-refractivity contribution in [1.82, 2.24) is 9.97 Å². The van der Waals surface area contributed by atoms with Crippen LogP contribution < -0.4 is 0 Å². The largest absolute Gasteiger partial charge is 0.504 e. The van der Waals surface area contributed by atoms with E-state index in [1.807, 2.05) is 20.8 Å². The maximum Gasteiger partial charge on any atom is 0.222 e. The molecule has 0 spiro atoms. The molecule has 12 heavy (non-hydrogen) atoms. The van der Waals surface area contributed by atoms with E-state index in [0.717, 1.165) is 0 Å². The van der Waals surface area contributed by atoms with Gasteiger partial charge in [-0.2, -0.15) is 0 Å². The smallest absolute Gasteiger partial charge is 0.222 e. The van der Waals surface area contributed by atoms with Crippen LogP contribution in [-0.2, 0) is 5.41 Å². The highest BCUT2D eigenvalue weighted by molar-refractivity contribution is 6.28. The van der Waals surface area contributed by atoms with Gasteiger partial charge in [0.2, 0.25) is 5.28 Å². The van der Waals surface area contributed by atoms with Gasteiger partial charge in [-0.3, -0.25) is 0 Å². The van der Waals surface area contributed by atoms with Crippen LogP contribution in [0.25, 0.3) is 0 Å². The lowest BCUT2D eigenvalue weighted by molar-refractivity contribution is 0.434. The summed E-state index contributed by atoms with van der Waals surface area (Å²) in [6.45, 7) is 5.85. The molecule has 0 atom stereocenters. The van der Waals surface area contributed by atoms with Gasteiger partial charge in [0.05, 0.1) is 11.9 Å². The van der Waals surface area contributed by atoms with Crippen molar-refractivity contribution in [2.45, 2.75) is 26.2 Å². The lowest BCUT2D eigenvalue weighted by atomic mass is 9.91. The summed E-state index contributed by atoms with van der Waals surface area (Å²) in [7, 11) is 0. The maximum atomic E-state index is 9.39. The van der Waals surface area contributed by atoms with E-state index in [-0.39, 0.29) is 16.4 Å². The van der Waals surface area contributed by atoms with Gasteiger partial charge < -0.3 is 5.11 Å². The fourth-order valence-electron chi connectivity index (χ4n) is 0.906. The second-order valence-electron chi connectivity index (χ2n) is 3.62. The summed E-state index contributed by atoms with van der Waals surface area (Å²) in [5, 5.41) is 9.55. The number of halogens is 1. The van der Waals surface area contributed by atoms with Gasteiger partial charge in [0.15, 0.2) is 5.75 Å². The van der Waals surface area contributed by atoms with Gasteiger partial charge in [-0.25, -0.2) is 9.97 Å². The average molecular weight is 187 g/mol. The van der Waals surface area contributed by atoms with Crippen molar-refractivity contribution >= 4 is 11.6 Å². The predicted molar refractivity (Wildman–Crippen MR) is 47.4 cm³/mol. The van der Waals surface area contributed by atoms with Gasteiger partial charge in [0.25, 0.3) is 0 Å². The summed E-state index contributed by atoms with van der Waals surface area (Å²) in [5.41, 5.74) is 0.360. The number of hydrogen-bond acceptors (Lipinski definition) is 3. The standard InChI is InChI=1S/C8H11ClN2O/c1-8(2,3)6-5(12)4-10-7(9)11-6/h4,12H,1-3H3. The third kappa shape index (κ3) is 1.85. The molecule has 1 aromatic heterocycles. The van der Waals surface area contributed by atoms with Crippen LogP contribution in [0.3, 0.4) is 0 Å². The molecule has 0 radical (unpaired) electrons. The highest BCUT2D eigenvalue weighted by Crippen LogP contribution is 2.28. The zero-order chi connectivity index (χ0) is 9.35. The minimum atomic E-state index is -0.212. The summed E-state index contributed by atoms with van der Waals surface area (Å²) < 4.78 is 0. The molecule has 0 bridgehead atoms. The molecule has 3 nitrogen and oxygen atoms in total. The summed E-state index contributed by atoms with van der Waals surface area (Å²) in [6, 6.07) is 0. The van der Waals surface area contributed by atoms with E-state index >= 15 is 0 Å². The third-order valence-electron chi connectivity index (χ3n) is 1.45. The van der Waals surface area contributed by atoms with Crippen molar-refractivity contribution in [2.75, 3.05) is 0 Å². The van der Waals surface area contributed by atoms with Gasteiger partial charge in [-0.05, 0) is 11.6 Å². The van der Waals surface area contributed by atoms with E-state index in [2.05, 4.69) is 9.97 Å². The van der Waals surface area contributed by atoms with E-state index in [4.69, 9.17) is 11.6 Å². The quantitative estimate of drug-likeness (QED) is 0.632. The molecule has 0 unspecified atom stereocenters. The van der Waals surface area contributed by atoms with E-state index < -0.39 is 0 Å². The Hall–Kier alpha value is -0.830. The molecule has 66 valence electrons. The normalized spacial score (nSPS) is 11.7. The first-order chi connectivity index (χ1) is 5.41. The fraction of sp³-hybridized carbons (Fsp3) is 0.500. The van der Waals surface area contributed by atoms with Gasteiger partial charge in [0, 0.05) is 5.41 Å². The molecule has 1 heterocycles. The van der Waals surface area contributed by atoms with Gasteiger partial charge in [0.1, 0.15) is 0 Å². The highest BCUT2D eigenvalue weighted by atomic mass is 35.5. The SMILES string of the molecule is CC(C)(C)c1nc(Cl)ncc1O. The molecule has 0 aliphatic rings. The summed E-state index contributed by atoms with van der Waals surface area (Å²) in [6.07, 6.45) is 1.32. The van der Waals surface area contributed by atoms with Crippen LogP contribution in [0.2, 0.25) is 5.28 Å². The Kier molecular flexibility index (Phi) is 2.24. The van der Waals surface area contributed by atoms with E-state index in [0.29, 0.717) is 5.69 Å². The Morgan fingerprint density at radius 1 is 1.42 bits per heavy atom. The highest BCUT2D eigenvalue weighted by Gasteiger charge is 2.20. The van der Waals surface area contributed by atoms with E-state index in [1.54, 1.807) is 0 Å². The number of nitrogens with zero attached hydrogens (tertiary/aromatic N) is 2. The zero-order valence-electron chi connectivity index (χ0n) is 7.30. The number of rotatable bonds is 0. The summed E-state index contributed by atoms with van der Waals surface area (Å²) in [5.74, 6) is 0.0897. The number of aromatic nitrogens is 2. The van der Waals surface area contributed by atoms with Crippen molar-refractivity contribution in [3.05, 3.63) is 17.2 Å². The first-order valence-electron chi connectivity index (χ1n) is 3.63. The second kappa shape index (κ2) is 2.90. The molecule has 0 aromatic carbocycles. The summed E-state index contributed by atoms with van der Waals surface area (Å²) in [4.78, 5) is 7.61. The predicted octanol–water partition coefficient (Wildman–Crippen LogP) is 2.13. The molecule has 0 fully saturated rings. The number of aromatic hydroxyl groups is 1. The van der Waals surface area contributed by atoms with Crippen LogP contribution in [-0.4, -0.2) is 15.1 Å². The van der Waals surface area contributed by atoms with Crippen LogP contribution in [0.5, 0.6) is 5.75 Å². The van der Waals surface area contributed by atoms with Crippen LogP contribution in [0, 0.1) is 0 Å².